The number of carbonyl (C=O) groups excluding carboxylic acids is 1. The predicted molar refractivity (Wildman–Crippen MR) is 50.9 cm³/mol. The molecule has 1 heteroatoms. The molecule has 0 aromatic heterocycles. The zero-order valence-corrected chi connectivity index (χ0v) is 8.27. The van der Waals surface area contributed by atoms with Gasteiger partial charge in [0.1, 0.15) is 0 Å². The van der Waals surface area contributed by atoms with E-state index in [0.717, 1.165) is 6.42 Å². The third kappa shape index (κ3) is 1.24. The van der Waals surface area contributed by atoms with Crippen LogP contribution in [0.4, 0.5) is 0 Å². The van der Waals surface area contributed by atoms with Crippen molar-refractivity contribution in [1.29, 1.82) is 0 Å². The monoisotopic (exact) mass is 164 g/mol. The predicted octanol–water partition coefficient (Wildman–Crippen LogP) is 2.88. The molecule has 0 heterocycles. The van der Waals surface area contributed by atoms with Crippen molar-refractivity contribution in [2.75, 3.05) is 0 Å². The van der Waals surface area contributed by atoms with Gasteiger partial charge in [0, 0.05) is 5.41 Å². The summed E-state index contributed by atoms with van der Waals surface area (Å²) in [6.07, 6.45) is 4.55. The van der Waals surface area contributed by atoms with Crippen LogP contribution >= 0.6 is 0 Å². The third-order valence-electron chi connectivity index (χ3n) is 3.17. The van der Waals surface area contributed by atoms with Gasteiger partial charge in [-0.3, -0.25) is 4.79 Å². The summed E-state index contributed by atoms with van der Waals surface area (Å²) in [6.45, 7) is 8.43. The molecule has 0 bridgehead atoms. The molecule has 1 aliphatic carbocycles. The van der Waals surface area contributed by atoms with E-state index in [1.165, 1.54) is 11.1 Å². The van der Waals surface area contributed by atoms with Crippen molar-refractivity contribution >= 4 is 5.78 Å². The lowest BCUT2D eigenvalue weighted by Crippen LogP contribution is -2.23. The van der Waals surface area contributed by atoms with Gasteiger partial charge < -0.3 is 0 Å². The Morgan fingerprint density at radius 3 is 2.00 bits per heavy atom. The molecule has 1 nitrogen and oxygen atoms in total. The molecule has 0 unspecified atom stereocenters. The van der Waals surface area contributed by atoms with Crippen molar-refractivity contribution in [2.45, 2.75) is 34.1 Å². The number of hydrogen-bond donors (Lipinski definition) is 0. The lowest BCUT2D eigenvalue weighted by atomic mass is 9.71. The average Bonchev–Trinajstić information content (AvgIpc) is 2.00. The zero-order chi connectivity index (χ0) is 9.35. The molecule has 0 saturated carbocycles. The Balaban J connectivity index is 3.11. The molecule has 0 radical (unpaired) electrons. The molecular weight excluding hydrogens is 148 g/mol. The van der Waals surface area contributed by atoms with Crippen LogP contribution in [0.25, 0.3) is 0 Å². The van der Waals surface area contributed by atoms with Crippen LogP contribution in [0.2, 0.25) is 0 Å². The van der Waals surface area contributed by atoms with Crippen molar-refractivity contribution in [1.82, 2.24) is 0 Å². The maximum atomic E-state index is 11.1. The number of rotatable bonds is 1. The highest BCUT2D eigenvalue weighted by atomic mass is 16.1. The highest BCUT2D eigenvalue weighted by Crippen LogP contribution is 2.40. The number of hydrogen-bond acceptors (Lipinski definition) is 1. The second-order valence-electron chi connectivity index (χ2n) is 3.74. The molecule has 1 aliphatic rings. The highest BCUT2D eigenvalue weighted by molar-refractivity contribution is 6.01. The van der Waals surface area contributed by atoms with E-state index in [-0.39, 0.29) is 11.2 Å². The van der Waals surface area contributed by atoms with Crippen LogP contribution < -0.4 is 0 Å². The van der Waals surface area contributed by atoms with Gasteiger partial charge in [0.2, 0.25) is 0 Å². The van der Waals surface area contributed by atoms with Crippen LogP contribution in [0.1, 0.15) is 34.1 Å². The van der Waals surface area contributed by atoms with Gasteiger partial charge >= 0.3 is 0 Å². The average molecular weight is 164 g/mol. The first-order valence-electron chi connectivity index (χ1n) is 4.42. The van der Waals surface area contributed by atoms with Crippen molar-refractivity contribution in [3.63, 3.8) is 0 Å². The molecule has 66 valence electrons. The fourth-order valence-corrected chi connectivity index (χ4v) is 1.66. The van der Waals surface area contributed by atoms with E-state index in [1.807, 2.05) is 13.8 Å². The third-order valence-corrected chi connectivity index (χ3v) is 3.17. The topological polar surface area (TPSA) is 17.1 Å². The van der Waals surface area contributed by atoms with Gasteiger partial charge in [0.25, 0.3) is 0 Å². The maximum absolute atomic E-state index is 11.1. The Morgan fingerprint density at radius 2 is 1.67 bits per heavy atom. The SMILES string of the molecule is CCC1(C)C(C)=CC(=O)C=C1C. The van der Waals surface area contributed by atoms with Crippen molar-refractivity contribution < 1.29 is 4.79 Å². The van der Waals surface area contributed by atoms with E-state index in [0.29, 0.717) is 0 Å². The Labute approximate surface area is 74.2 Å². The molecule has 0 aliphatic heterocycles. The standard InChI is InChI=1S/C11H16O/c1-5-11(4)8(2)6-10(12)7-9(11)3/h6-7H,5H2,1-4H3. The van der Waals surface area contributed by atoms with Crippen LogP contribution in [0.5, 0.6) is 0 Å². The van der Waals surface area contributed by atoms with Crippen molar-refractivity contribution in [3.05, 3.63) is 23.3 Å². The van der Waals surface area contributed by atoms with Gasteiger partial charge in [0.05, 0.1) is 0 Å². The highest BCUT2D eigenvalue weighted by Gasteiger charge is 2.29. The van der Waals surface area contributed by atoms with Crippen LogP contribution in [0.15, 0.2) is 23.3 Å². The fraction of sp³-hybridized carbons (Fsp3) is 0.545. The molecule has 0 fully saturated rings. The molecule has 0 aromatic rings. The molecule has 0 atom stereocenters. The van der Waals surface area contributed by atoms with E-state index in [4.69, 9.17) is 0 Å². The molecule has 0 amide bonds. The molecular formula is C11H16O. The quantitative estimate of drug-likeness (QED) is 0.582. The van der Waals surface area contributed by atoms with Crippen molar-refractivity contribution in [2.24, 2.45) is 5.41 Å². The van der Waals surface area contributed by atoms with Crippen molar-refractivity contribution in [3.8, 4) is 0 Å². The number of ketones is 1. The summed E-state index contributed by atoms with van der Waals surface area (Å²) < 4.78 is 0. The number of carbonyl (C=O) groups is 1. The van der Waals surface area contributed by atoms with E-state index in [2.05, 4.69) is 13.8 Å². The Bertz CT molecular complexity index is 247. The van der Waals surface area contributed by atoms with E-state index < -0.39 is 0 Å². The van der Waals surface area contributed by atoms with Crippen LogP contribution in [-0.4, -0.2) is 5.78 Å². The first-order chi connectivity index (χ1) is 5.50. The normalized spacial score (nSPS) is 21.8. The van der Waals surface area contributed by atoms with Gasteiger partial charge in [0.15, 0.2) is 5.78 Å². The Kier molecular flexibility index (Phi) is 2.22. The van der Waals surface area contributed by atoms with Gasteiger partial charge in [-0.25, -0.2) is 0 Å². The smallest absolute Gasteiger partial charge is 0.178 e. The molecule has 0 spiro atoms. The minimum absolute atomic E-state index is 0.119. The zero-order valence-electron chi connectivity index (χ0n) is 8.27. The lowest BCUT2D eigenvalue weighted by molar-refractivity contribution is -0.110. The summed E-state index contributed by atoms with van der Waals surface area (Å²) in [7, 11) is 0. The van der Waals surface area contributed by atoms with Gasteiger partial charge in [-0.15, -0.1) is 0 Å². The summed E-state index contributed by atoms with van der Waals surface area (Å²) in [5.41, 5.74) is 2.50. The fourth-order valence-electron chi connectivity index (χ4n) is 1.66. The lowest BCUT2D eigenvalue weighted by Gasteiger charge is -2.32. The molecule has 1 rings (SSSR count). The van der Waals surface area contributed by atoms with E-state index in [1.54, 1.807) is 12.2 Å². The van der Waals surface area contributed by atoms with Gasteiger partial charge in [-0.1, -0.05) is 25.0 Å². The van der Waals surface area contributed by atoms with E-state index in [9.17, 15) is 4.79 Å². The minimum atomic E-state index is 0.119. The molecule has 0 N–H and O–H groups in total. The Hall–Kier alpha value is -0.850. The summed E-state index contributed by atoms with van der Waals surface area (Å²) in [4.78, 5) is 11.1. The molecule has 0 aromatic carbocycles. The first-order valence-corrected chi connectivity index (χ1v) is 4.42. The van der Waals surface area contributed by atoms with Crippen LogP contribution in [-0.2, 0) is 4.79 Å². The summed E-state index contributed by atoms with van der Waals surface area (Å²) in [5.74, 6) is 0.135. The maximum Gasteiger partial charge on any atom is 0.178 e. The summed E-state index contributed by atoms with van der Waals surface area (Å²) in [5, 5.41) is 0. The second kappa shape index (κ2) is 2.89. The minimum Gasteiger partial charge on any atom is -0.290 e. The summed E-state index contributed by atoms with van der Waals surface area (Å²) in [6, 6.07) is 0. The first kappa shape index (κ1) is 9.24. The van der Waals surface area contributed by atoms with E-state index >= 15 is 0 Å². The summed E-state index contributed by atoms with van der Waals surface area (Å²) >= 11 is 0. The number of allylic oxidation sites excluding steroid dienone is 4. The molecule has 12 heavy (non-hydrogen) atoms. The van der Waals surface area contributed by atoms with Gasteiger partial charge in [-0.05, 0) is 32.4 Å². The van der Waals surface area contributed by atoms with Crippen LogP contribution in [0.3, 0.4) is 0 Å². The largest absolute Gasteiger partial charge is 0.290 e. The molecule has 0 saturated heterocycles. The van der Waals surface area contributed by atoms with Gasteiger partial charge in [-0.2, -0.15) is 0 Å². The Morgan fingerprint density at radius 1 is 1.25 bits per heavy atom. The second-order valence-corrected chi connectivity index (χ2v) is 3.74. The van der Waals surface area contributed by atoms with Crippen LogP contribution in [0, 0.1) is 5.41 Å².